The van der Waals surface area contributed by atoms with Gasteiger partial charge in [0, 0.05) is 30.4 Å². The Morgan fingerprint density at radius 2 is 2.00 bits per heavy atom. The second-order valence-corrected chi connectivity index (χ2v) is 6.49. The predicted molar refractivity (Wildman–Crippen MR) is 100 cm³/mol. The van der Waals surface area contributed by atoms with Gasteiger partial charge in [-0.05, 0) is 49.7 Å². The van der Waals surface area contributed by atoms with E-state index in [0.29, 0.717) is 23.9 Å². The fraction of sp³-hybridized carbons (Fsp3) is 0.350. The SMILES string of the molecule is COc1ccc(-c2cc3nccnc3c(OC[C@H]3CCCNC3)n2)cc1. The Labute approximate surface area is 152 Å². The molecule has 4 rings (SSSR count). The summed E-state index contributed by atoms with van der Waals surface area (Å²) in [6.07, 6.45) is 5.73. The molecule has 0 spiro atoms. The van der Waals surface area contributed by atoms with Crippen LogP contribution in [0.25, 0.3) is 22.3 Å². The van der Waals surface area contributed by atoms with Gasteiger partial charge in [0.1, 0.15) is 5.75 Å². The quantitative estimate of drug-likeness (QED) is 0.763. The number of rotatable bonds is 5. The Hall–Kier alpha value is -2.73. The van der Waals surface area contributed by atoms with Crippen LogP contribution in [0.1, 0.15) is 12.8 Å². The van der Waals surface area contributed by atoms with E-state index in [1.54, 1.807) is 19.5 Å². The van der Waals surface area contributed by atoms with Crippen LogP contribution < -0.4 is 14.8 Å². The van der Waals surface area contributed by atoms with Crippen LogP contribution in [-0.2, 0) is 0 Å². The molecule has 1 aliphatic heterocycles. The van der Waals surface area contributed by atoms with Crippen LogP contribution in [0.4, 0.5) is 0 Å². The van der Waals surface area contributed by atoms with Crippen molar-refractivity contribution >= 4 is 11.0 Å². The summed E-state index contributed by atoms with van der Waals surface area (Å²) in [6, 6.07) is 9.76. The van der Waals surface area contributed by atoms with Crippen molar-refractivity contribution in [3.05, 3.63) is 42.7 Å². The van der Waals surface area contributed by atoms with Gasteiger partial charge in [-0.3, -0.25) is 4.98 Å². The zero-order chi connectivity index (χ0) is 17.8. The molecule has 134 valence electrons. The molecule has 1 aliphatic rings. The molecular formula is C20H22N4O2. The molecule has 6 heteroatoms. The molecule has 0 amide bonds. The molecule has 0 bridgehead atoms. The molecule has 0 radical (unpaired) electrons. The van der Waals surface area contributed by atoms with E-state index in [4.69, 9.17) is 14.5 Å². The van der Waals surface area contributed by atoms with Crippen molar-refractivity contribution in [2.75, 3.05) is 26.8 Å². The molecule has 1 saturated heterocycles. The molecule has 3 heterocycles. The summed E-state index contributed by atoms with van der Waals surface area (Å²) >= 11 is 0. The zero-order valence-electron chi connectivity index (χ0n) is 14.8. The normalized spacial score (nSPS) is 17.2. The highest BCUT2D eigenvalue weighted by atomic mass is 16.5. The molecule has 1 aromatic carbocycles. The van der Waals surface area contributed by atoms with Crippen molar-refractivity contribution in [1.82, 2.24) is 20.3 Å². The molecule has 2 aromatic heterocycles. The first-order valence-corrected chi connectivity index (χ1v) is 8.93. The van der Waals surface area contributed by atoms with Crippen molar-refractivity contribution in [2.24, 2.45) is 5.92 Å². The van der Waals surface area contributed by atoms with E-state index in [1.807, 2.05) is 30.3 Å². The highest BCUT2D eigenvalue weighted by Gasteiger charge is 2.16. The van der Waals surface area contributed by atoms with Gasteiger partial charge < -0.3 is 14.8 Å². The van der Waals surface area contributed by atoms with Gasteiger partial charge in [0.2, 0.25) is 5.88 Å². The molecule has 26 heavy (non-hydrogen) atoms. The minimum atomic E-state index is 0.502. The van der Waals surface area contributed by atoms with Gasteiger partial charge in [0.15, 0.2) is 5.52 Å². The zero-order valence-corrected chi connectivity index (χ0v) is 14.8. The van der Waals surface area contributed by atoms with Gasteiger partial charge in [-0.25, -0.2) is 9.97 Å². The Kier molecular flexibility index (Phi) is 4.93. The third kappa shape index (κ3) is 3.60. The number of benzene rings is 1. The average molecular weight is 350 g/mol. The lowest BCUT2D eigenvalue weighted by atomic mass is 10.0. The summed E-state index contributed by atoms with van der Waals surface area (Å²) in [5.41, 5.74) is 3.29. The highest BCUT2D eigenvalue weighted by Crippen LogP contribution is 2.28. The third-order valence-corrected chi connectivity index (χ3v) is 4.67. The Morgan fingerprint density at radius 3 is 2.77 bits per heavy atom. The van der Waals surface area contributed by atoms with Crippen LogP contribution >= 0.6 is 0 Å². The highest BCUT2D eigenvalue weighted by molar-refractivity contribution is 5.83. The summed E-state index contributed by atoms with van der Waals surface area (Å²) in [4.78, 5) is 13.6. The summed E-state index contributed by atoms with van der Waals surface area (Å²) in [5.74, 6) is 1.87. The van der Waals surface area contributed by atoms with Crippen LogP contribution in [0.15, 0.2) is 42.7 Å². The maximum Gasteiger partial charge on any atom is 0.242 e. The third-order valence-electron chi connectivity index (χ3n) is 4.67. The van der Waals surface area contributed by atoms with Gasteiger partial charge in [-0.1, -0.05) is 0 Å². The van der Waals surface area contributed by atoms with E-state index in [2.05, 4.69) is 15.3 Å². The second-order valence-electron chi connectivity index (χ2n) is 6.49. The molecule has 0 aliphatic carbocycles. The van der Waals surface area contributed by atoms with E-state index < -0.39 is 0 Å². The Balaban J connectivity index is 1.65. The molecule has 0 saturated carbocycles. The molecule has 1 fully saturated rings. The van der Waals surface area contributed by atoms with Crippen LogP contribution in [-0.4, -0.2) is 41.8 Å². The van der Waals surface area contributed by atoms with Crippen molar-refractivity contribution in [1.29, 1.82) is 0 Å². The summed E-state index contributed by atoms with van der Waals surface area (Å²) in [7, 11) is 1.66. The minimum absolute atomic E-state index is 0.502. The van der Waals surface area contributed by atoms with E-state index in [9.17, 15) is 0 Å². The number of pyridine rings is 1. The monoisotopic (exact) mass is 350 g/mol. The minimum Gasteiger partial charge on any atom is -0.497 e. The van der Waals surface area contributed by atoms with Crippen molar-refractivity contribution in [3.63, 3.8) is 0 Å². The first kappa shape index (κ1) is 16.7. The number of hydrogen-bond donors (Lipinski definition) is 1. The Bertz CT molecular complexity index is 877. The standard InChI is InChI=1S/C20H22N4O2/c1-25-16-6-4-15(5-7-16)17-11-18-19(23-10-9-22-18)20(24-17)26-13-14-3-2-8-21-12-14/h4-7,9-11,14,21H,2-3,8,12-13H2,1H3/t14-/m0/s1. The van der Waals surface area contributed by atoms with Gasteiger partial charge in [-0.15, -0.1) is 0 Å². The number of piperidine rings is 1. The van der Waals surface area contributed by atoms with Crippen LogP contribution in [0, 0.1) is 5.92 Å². The fourth-order valence-corrected chi connectivity index (χ4v) is 3.22. The Morgan fingerprint density at radius 1 is 1.15 bits per heavy atom. The average Bonchev–Trinajstić information content (AvgIpc) is 2.72. The maximum atomic E-state index is 6.09. The number of aromatic nitrogens is 3. The summed E-state index contributed by atoms with van der Waals surface area (Å²) < 4.78 is 11.3. The van der Waals surface area contributed by atoms with Gasteiger partial charge in [0.25, 0.3) is 0 Å². The molecule has 3 aromatic rings. The van der Waals surface area contributed by atoms with Crippen LogP contribution in [0.5, 0.6) is 11.6 Å². The van der Waals surface area contributed by atoms with Gasteiger partial charge in [-0.2, -0.15) is 0 Å². The molecule has 6 nitrogen and oxygen atoms in total. The summed E-state index contributed by atoms with van der Waals surface area (Å²) in [5, 5.41) is 3.42. The first-order chi connectivity index (χ1) is 12.8. The van der Waals surface area contributed by atoms with Crippen molar-refractivity contribution < 1.29 is 9.47 Å². The fourth-order valence-electron chi connectivity index (χ4n) is 3.22. The van der Waals surface area contributed by atoms with E-state index in [0.717, 1.165) is 35.6 Å². The van der Waals surface area contributed by atoms with E-state index in [-0.39, 0.29) is 0 Å². The molecular weight excluding hydrogens is 328 g/mol. The van der Waals surface area contributed by atoms with Crippen molar-refractivity contribution in [3.8, 4) is 22.9 Å². The van der Waals surface area contributed by atoms with Crippen LogP contribution in [0.3, 0.4) is 0 Å². The van der Waals surface area contributed by atoms with Crippen molar-refractivity contribution in [2.45, 2.75) is 12.8 Å². The number of methoxy groups -OCH3 is 1. The number of ether oxygens (including phenoxy) is 2. The predicted octanol–water partition coefficient (Wildman–Crippen LogP) is 3.08. The first-order valence-electron chi connectivity index (χ1n) is 8.93. The number of fused-ring (bicyclic) bond motifs is 1. The smallest absolute Gasteiger partial charge is 0.242 e. The van der Waals surface area contributed by atoms with Gasteiger partial charge in [0.05, 0.1) is 24.9 Å². The molecule has 1 atom stereocenters. The topological polar surface area (TPSA) is 69.2 Å². The number of nitrogens with one attached hydrogen (secondary N) is 1. The largest absolute Gasteiger partial charge is 0.497 e. The van der Waals surface area contributed by atoms with E-state index in [1.165, 1.54) is 12.8 Å². The number of nitrogens with zero attached hydrogens (tertiary/aromatic N) is 3. The second kappa shape index (κ2) is 7.66. The van der Waals surface area contributed by atoms with E-state index >= 15 is 0 Å². The number of hydrogen-bond acceptors (Lipinski definition) is 6. The lowest BCUT2D eigenvalue weighted by Gasteiger charge is -2.22. The van der Waals surface area contributed by atoms with Gasteiger partial charge >= 0.3 is 0 Å². The lowest BCUT2D eigenvalue weighted by Crippen LogP contribution is -2.33. The molecule has 1 N–H and O–H groups in total. The molecule has 0 unspecified atom stereocenters. The summed E-state index contributed by atoms with van der Waals surface area (Å²) in [6.45, 7) is 2.72. The van der Waals surface area contributed by atoms with Crippen LogP contribution in [0.2, 0.25) is 0 Å². The lowest BCUT2D eigenvalue weighted by molar-refractivity contribution is 0.214. The maximum absolute atomic E-state index is 6.09.